The topological polar surface area (TPSA) is 61.5 Å². The third-order valence-electron chi connectivity index (χ3n) is 3.11. The second-order valence-corrected chi connectivity index (χ2v) is 4.74. The molecule has 0 fully saturated rings. The summed E-state index contributed by atoms with van der Waals surface area (Å²) in [4.78, 5) is 11.3. The van der Waals surface area contributed by atoms with Gasteiger partial charge in [0.1, 0.15) is 5.75 Å². The molecule has 0 radical (unpaired) electrons. The van der Waals surface area contributed by atoms with Gasteiger partial charge in [0.15, 0.2) is 0 Å². The highest BCUT2D eigenvalue weighted by Gasteiger charge is 2.31. The molecule has 0 amide bonds. The molecule has 2 N–H and O–H groups in total. The van der Waals surface area contributed by atoms with Gasteiger partial charge in [-0.05, 0) is 34.9 Å². The van der Waals surface area contributed by atoms with E-state index in [1.807, 2.05) is 0 Å². The Morgan fingerprint density at radius 2 is 1.83 bits per heavy atom. The zero-order chi connectivity index (χ0) is 17.0. The average Bonchev–Trinajstić information content (AvgIpc) is 2.47. The summed E-state index contributed by atoms with van der Waals surface area (Å²) in [5, 5.41) is 0. The SMILES string of the molecule is COC(=O)Cc1ccc(-c2cccc(OC(F)(F)F)c2)cc1N. The molecule has 122 valence electrons. The lowest BCUT2D eigenvalue weighted by molar-refractivity contribution is -0.274. The Kier molecular flexibility index (Phi) is 4.78. The van der Waals surface area contributed by atoms with Crippen LogP contribution in [0.2, 0.25) is 0 Å². The number of halogens is 3. The van der Waals surface area contributed by atoms with Crippen molar-refractivity contribution < 1.29 is 27.4 Å². The number of esters is 1. The molecule has 0 unspecified atom stereocenters. The van der Waals surface area contributed by atoms with Gasteiger partial charge in [-0.25, -0.2) is 0 Å². The Balaban J connectivity index is 2.27. The van der Waals surface area contributed by atoms with Gasteiger partial charge < -0.3 is 15.2 Å². The van der Waals surface area contributed by atoms with Crippen LogP contribution in [0.1, 0.15) is 5.56 Å². The molecule has 0 spiro atoms. The minimum absolute atomic E-state index is 0.0276. The van der Waals surface area contributed by atoms with E-state index >= 15 is 0 Å². The number of hydrogen-bond donors (Lipinski definition) is 1. The zero-order valence-corrected chi connectivity index (χ0v) is 12.2. The number of ether oxygens (including phenoxy) is 2. The Labute approximate surface area is 130 Å². The fraction of sp³-hybridized carbons (Fsp3) is 0.188. The van der Waals surface area contributed by atoms with Crippen LogP contribution < -0.4 is 10.5 Å². The first-order chi connectivity index (χ1) is 10.8. The predicted octanol–water partition coefficient (Wildman–Crippen LogP) is 3.55. The van der Waals surface area contributed by atoms with Gasteiger partial charge in [-0.2, -0.15) is 0 Å². The smallest absolute Gasteiger partial charge is 0.469 e. The van der Waals surface area contributed by atoms with E-state index in [0.29, 0.717) is 22.4 Å². The summed E-state index contributed by atoms with van der Waals surface area (Å²) in [6.45, 7) is 0. The highest BCUT2D eigenvalue weighted by atomic mass is 19.4. The van der Waals surface area contributed by atoms with Crippen molar-refractivity contribution in [2.45, 2.75) is 12.8 Å². The average molecular weight is 325 g/mol. The summed E-state index contributed by atoms with van der Waals surface area (Å²) in [5.41, 5.74) is 7.96. The molecule has 2 aromatic rings. The number of carbonyl (C=O) groups is 1. The maximum atomic E-state index is 12.3. The summed E-state index contributed by atoms with van der Waals surface area (Å²) in [6.07, 6.45) is -4.72. The summed E-state index contributed by atoms with van der Waals surface area (Å²) in [7, 11) is 1.28. The molecule has 0 saturated heterocycles. The molecular weight excluding hydrogens is 311 g/mol. The number of alkyl halides is 3. The van der Waals surface area contributed by atoms with Crippen molar-refractivity contribution in [2.24, 2.45) is 0 Å². The summed E-state index contributed by atoms with van der Waals surface area (Å²) in [5.74, 6) is -0.739. The van der Waals surface area contributed by atoms with E-state index in [1.165, 1.54) is 25.3 Å². The normalized spacial score (nSPS) is 11.1. The fourth-order valence-corrected chi connectivity index (χ4v) is 2.04. The molecule has 0 bridgehead atoms. The van der Waals surface area contributed by atoms with E-state index in [-0.39, 0.29) is 12.2 Å². The first-order valence-electron chi connectivity index (χ1n) is 6.60. The van der Waals surface area contributed by atoms with Crippen molar-refractivity contribution in [3.63, 3.8) is 0 Å². The molecule has 2 aromatic carbocycles. The summed E-state index contributed by atoms with van der Waals surface area (Å²) < 4.78 is 45.2. The summed E-state index contributed by atoms with van der Waals surface area (Å²) in [6, 6.07) is 10.5. The van der Waals surface area contributed by atoms with E-state index < -0.39 is 12.3 Å². The molecule has 0 aromatic heterocycles. The van der Waals surface area contributed by atoms with Gasteiger partial charge in [0.2, 0.25) is 0 Å². The van der Waals surface area contributed by atoms with Crippen molar-refractivity contribution in [2.75, 3.05) is 12.8 Å². The first-order valence-corrected chi connectivity index (χ1v) is 6.60. The van der Waals surface area contributed by atoms with Gasteiger partial charge in [0, 0.05) is 5.69 Å². The Hall–Kier alpha value is -2.70. The fourth-order valence-electron chi connectivity index (χ4n) is 2.04. The molecular formula is C16H14F3NO3. The highest BCUT2D eigenvalue weighted by Crippen LogP contribution is 2.29. The molecule has 0 heterocycles. The van der Waals surface area contributed by atoms with Crippen LogP contribution in [0, 0.1) is 0 Å². The quantitative estimate of drug-likeness (QED) is 0.690. The molecule has 2 rings (SSSR count). The molecule has 23 heavy (non-hydrogen) atoms. The molecule has 0 aliphatic rings. The van der Waals surface area contributed by atoms with Gasteiger partial charge in [0.25, 0.3) is 0 Å². The Morgan fingerprint density at radius 1 is 1.13 bits per heavy atom. The molecule has 7 heteroatoms. The number of hydrogen-bond acceptors (Lipinski definition) is 4. The number of methoxy groups -OCH3 is 1. The maximum Gasteiger partial charge on any atom is 0.573 e. The third-order valence-corrected chi connectivity index (χ3v) is 3.11. The van der Waals surface area contributed by atoms with E-state index in [1.54, 1.807) is 24.3 Å². The third kappa shape index (κ3) is 4.64. The van der Waals surface area contributed by atoms with Crippen molar-refractivity contribution >= 4 is 11.7 Å². The zero-order valence-electron chi connectivity index (χ0n) is 12.2. The van der Waals surface area contributed by atoms with E-state index in [0.717, 1.165) is 0 Å². The van der Waals surface area contributed by atoms with Crippen molar-refractivity contribution in [1.82, 2.24) is 0 Å². The van der Waals surface area contributed by atoms with Crippen LogP contribution >= 0.6 is 0 Å². The van der Waals surface area contributed by atoms with Crippen molar-refractivity contribution in [1.29, 1.82) is 0 Å². The number of benzene rings is 2. The largest absolute Gasteiger partial charge is 0.573 e. The van der Waals surface area contributed by atoms with E-state index in [9.17, 15) is 18.0 Å². The van der Waals surface area contributed by atoms with E-state index in [4.69, 9.17) is 5.73 Å². The number of carbonyl (C=O) groups excluding carboxylic acids is 1. The van der Waals surface area contributed by atoms with Crippen LogP contribution in [0.5, 0.6) is 5.75 Å². The van der Waals surface area contributed by atoms with Crippen LogP contribution in [0.3, 0.4) is 0 Å². The lowest BCUT2D eigenvalue weighted by Crippen LogP contribution is -2.17. The van der Waals surface area contributed by atoms with Crippen LogP contribution in [0.4, 0.5) is 18.9 Å². The number of rotatable bonds is 4. The number of anilines is 1. The molecule has 0 atom stereocenters. The molecule has 0 aliphatic heterocycles. The number of nitrogens with two attached hydrogens (primary N) is 1. The number of nitrogen functional groups attached to an aromatic ring is 1. The van der Waals surface area contributed by atoms with Crippen LogP contribution in [0.15, 0.2) is 42.5 Å². The molecule has 0 aliphatic carbocycles. The lowest BCUT2D eigenvalue weighted by Gasteiger charge is -2.11. The van der Waals surface area contributed by atoms with E-state index in [2.05, 4.69) is 9.47 Å². The van der Waals surface area contributed by atoms with Crippen LogP contribution in [-0.4, -0.2) is 19.4 Å². The van der Waals surface area contributed by atoms with Gasteiger partial charge in [-0.1, -0.05) is 24.3 Å². The van der Waals surface area contributed by atoms with Gasteiger partial charge in [-0.3, -0.25) is 4.79 Å². The van der Waals surface area contributed by atoms with Crippen molar-refractivity contribution in [3.05, 3.63) is 48.0 Å². The van der Waals surface area contributed by atoms with Crippen LogP contribution in [0.25, 0.3) is 11.1 Å². The minimum Gasteiger partial charge on any atom is -0.469 e. The Morgan fingerprint density at radius 3 is 2.43 bits per heavy atom. The van der Waals surface area contributed by atoms with Gasteiger partial charge in [-0.15, -0.1) is 13.2 Å². The van der Waals surface area contributed by atoms with Gasteiger partial charge >= 0.3 is 12.3 Å². The molecule has 0 saturated carbocycles. The maximum absolute atomic E-state index is 12.3. The monoisotopic (exact) mass is 325 g/mol. The predicted molar refractivity (Wildman–Crippen MR) is 78.7 cm³/mol. The minimum atomic E-state index is -4.75. The van der Waals surface area contributed by atoms with Gasteiger partial charge in [0.05, 0.1) is 13.5 Å². The van der Waals surface area contributed by atoms with Crippen LogP contribution in [-0.2, 0) is 16.0 Å². The highest BCUT2D eigenvalue weighted by molar-refractivity contribution is 5.77. The second kappa shape index (κ2) is 6.60. The molecule has 4 nitrogen and oxygen atoms in total. The first kappa shape index (κ1) is 16.7. The Bertz CT molecular complexity index is 714. The standard InChI is InChI=1S/C16H14F3NO3/c1-22-15(21)9-12-6-5-11(8-14(12)20)10-3-2-4-13(7-10)23-16(17,18)19/h2-8H,9,20H2,1H3. The van der Waals surface area contributed by atoms with Crippen molar-refractivity contribution in [3.8, 4) is 16.9 Å². The summed E-state index contributed by atoms with van der Waals surface area (Å²) >= 11 is 0. The lowest BCUT2D eigenvalue weighted by atomic mass is 10.0. The second-order valence-electron chi connectivity index (χ2n) is 4.74.